The lowest BCUT2D eigenvalue weighted by molar-refractivity contribution is -0.152. The molecule has 27 heavy (non-hydrogen) atoms. The third-order valence-corrected chi connectivity index (χ3v) is 3.57. The third-order valence-electron chi connectivity index (χ3n) is 3.57. The summed E-state index contributed by atoms with van der Waals surface area (Å²) in [7, 11) is 0. The second-order valence-corrected chi connectivity index (χ2v) is 5.32. The van der Waals surface area contributed by atoms with Crippen LogP contribution in [0.4, 0.5) is 0 Å². The van der Waals surface area contributed by atoms with Crippen molar-refractivity contribution in [2.75, 3.05) is 13.2 Å². The molecule has 1 rings (SSSR count). The van der Waals surface area contributed by atoms with E-state index in [1.165, 1.54) is 38.1 Å². The normalized spacial score (nSPS) is 9.85. The Hall–Kier alpha value is -3.53. The molecule has 0 spiro atoms. The van der Waals surface area contributed by atoms with Crippen LogP contribution in [0, 0.1) is 11.3 Å². The molecule has 0 fully saturated rings. The quantitative estimate of drug-likeness (QED) is 0.372. The Labute approximate surface area is 156 Å². The number of rotatable bonds is 9. The van der Waals surface area contributed by atoms with Gasteiger partial charge in [0.25, 0.3) is 11.6 Å². The molecular formula is C20H19NO6. The van der Waals surface area contributed by atoms with E-state index in [2.05, 4.69) is 22.6 Å². The van der Waals surface area contributed by atoms with E-state index in [0.29, 0.717) is 11.1 Å². The lowest BCUT2D eigenvalue weighted by Crippen LogP contribution is -2.27. The maximum Gasteiger partial charge on any atom is 0.379 e. The lowest BCUT2D eigenvalue weighted by atomic mass is 9.82. The summed E-state index contributed by atoms with van der Waals surface area (Å²) in [6.45, 7) is 10.3. The van der Waals surface area contributed by atoms with Crippen molar-refractivity contribution in [3.63, 3.8) is 0 Å². The van der Waals surface area contributed by atoms with Gasteiger partial charge in [0.15, 0.2) is 0 Å². The Kier molecular flexibility index (Phi) is 7.83. The number of Topliss-reactive ketones (excluding diaryl/α,β-unsaturated/α-hetero) is 2. The molecule has 1 aromatic carbocycles. The van der Waals surface area contributed by atoms with Gasteiger partial charge in [0.05, 0.1) is 24.8 Å². The van der Waals surface area contributed by atoms with Crippen molar-refractivity contribution in [3.05, 3.63) is 59.7 Å². The average molecular weight is 369 g/mol. The minimum Gasteiger partial charge on any atom is -0.460 e. The summed E-state index contributed by atoms with van der Waals surface area (Å²) in [6, 6.07) is 7.83. The molecule has 7 heteroatoms. The summed E-state index contributed by atoms with van der Waals surface area (Å²) in [6.07, 6.45) is 0. The van der Waals surface area contributed by atoms with Crippen LogP contribution in [0.2, 0.25) is 0 Å². The highest BCUT2D eigenvalue weighted by Crippen LogP contribution is 2.32. The highest BCUT2D eigenvalue weighted by molar-refractivity contribution is 6.43. The van der Waals surface area contributed by atoms with Crippen molar-refractivity contribution in [2.45, 2.75) is 19.8 Å². The van der Waals surface area contributed by atoms with Crippen LogP contribution in [0.1, 0.15) is 30.9 Å². The van der Waals surface area contributed by atoms with E-state index >= 15 is 0 Å². The predicted octanol–water partition coefficient (Wildman–Crippen LogP) is 2.02. The summed E-state index contributed by atoms with van der Waals surface area (Å²) in [4.78, 5) is 48.1. The van der Waals surface area contributed by atoms with Gasteiger partial charge in [-0.15, -0.1) is 0 Å². The minimum atomic E-state index is -1.15. The first kappa shape index (κ1) is 21.5. The number of carbonyl (C=O) groups excluding carboxylic acids is 4. The van der Waals surface area contributed by atoms with Gasteiger partial charge < -0.3 is 9.47 Å². The Morgan fingerprint density at radius 3 is 1.67 bits per heavy atom. The summed E-state index contributed by atoms with van der Waals surface area (Å²) in [5, 5.41) is 8.91. The zero-order chi connectivity index (χ0) is 20.6. The maximum atomic E-state index is 12.3. The van der Waals surface area contributed by atoms with Crippen molar-refractivity contribution >= 4 is 23.5 Å². The molecule has 0 saturated carbocycles. The summed E-state index contributed by atoms with van der Waals surface area (Å²) < 4.78 is 9.35. The Morgan fingerprint density at radius 2 is 1.33 bits per heavy atom. The monoisotopic (exact) mass is 369 g/mol. The second kappa shape index (κ2) is 9.82. The lowest BCUT2D eigenvalue weighted by Gasteiger charge is -2.20. The fraction of sp³-hybridized carbons (Fsp3) is 0.250. The van der Waals surface area contributed by atoms with Gasteiger partial charge in [0.2, 0.25) is 0 Å². The first-order chi connectivity index (χ1) is 12.8. The largest absolute Gasteiger partial charge is 0.460 e. The molecule has 0 unspecified atom stereocenters. The first-order valence-corrected chi connectivity index (χ1v) is 8.08. The maximum absolute atomic E-state index is 12.3. The van der Waals surface area contributed by atoms with E-state index in [0.717, 1.165) is 0 Å². The smallest absolute Gasteiger partial charge is 0.379 e. The molecule has 0 saturated heterocycles. The Bertz CT molecular complexity index is 787. The highest BCUT2D eigenvalue weighted by atomic mass is 16.5. The molecule has 0 amide bonds. The predicted molar refractivity (Wildman–Crippen MR) is 95.5 cm³/mol. The van der Waals surface area contributed by atoms with Gasteiger partial charge in [0.1, 0.15) is 0 Å². The number of ketones is 2. The van der Waals surface area contributed by atoms with E-state index in [1.807, 2.05) is 6.07 Å². The number of ether oxygens (including phenoxy) is 2. The van der Waals surface area contributed by atoms with Gasteiger partial charge in [-0.1, -0.05) is 25.3 Å². The minimum absolute atomic E-state index is 0.0118. The molecule has 0 aliphatic heterocycles. The third kappa shape index (κ3) is 5.22. The van der Waals surface area contributed by atoms with E-state index in [-0.39, 0.29) is 24.4 Å². The summed E-state index contributed by atoms with van der Waals surface area (Å²) in [5.41, 5.74) is 0.156. The number of carbonyl (C=O) groups is 4. The Morgan fingerprint density at radius 1 is 0.926 bits per heavy atom. The zero-order valence-electron chi connectivity index (χ0n) is 15.1. The average Bonchev–Trinajstić information content (AvgIpc) is 2.67. The molecule has 0 atom stereocenters. The summed E-state index contributed by atoms with van der Waals surface area (Å²) >= 11 is 0. The zero-order valence-corrected chi connectivity index (χ0v) is 15.1. The van der Waals surface area contributed by atoms with Crippen LogP contribution in [0.15, 0.2) is 48.6 Å². The van der Waals surface area contributed by atoms with Crippen LogP contribution < -0.4 is 0 Å². The van der Waals surface area contributed by atoms with Gasteiger partial charge in [-0.2, -0.15) is 5.26 Å². The number of esters is 2. The van der Waals surface area contributed by atoms with E-state index < -0.39 is 29.4 Å². The molecule has 140 valence electrons. The van der Waals surface area contributed by atoms with Crippen LogP contribution in [0.25, 0.3) is 0 Å². The van der Waals surface area contributed by atoms with E-state index in [9.17, 15) is 19.2 Å². The number of hydrogen-bond donors (Lipinski definition) is 0. The molecule has 0 N–H and O–H groups in total. The molecule has 7 nitrogen and oxygen atoms in total. The van der Waals surface area contributed by atoms with E-state index in [4.69, 9.17) is 5.26 Å². The molecule has 0 aromatic heterocycles. The van der Waals surface area contributed by atoms with Gasteiger partial charge in [-0.25, -0.2) is 9.59 Å². The molecule has 0 aliphatic carbocycles. The van der Waals surface area contributed by atoms with Crippen LogP contribution in [-0.4, -0.2) is 36.7 Å². The fourth-order valence-corrected chi connectivity index (χ4v) is 2.28. The van der Waals surface area contributed by atoms with Gasteiger partial charge >= 0.3 is 11.9 Å². The molecule has 0 heterocycles. The van der Waals surface area contributed by atoms with Crippen molar-refractivity contribution < 1.29 is 28.7 Å². The van der Waals surface area contributed by atoms with Crippen molar-refractivity contribution in [3.8, 4) is 6.07 Å². The van der Waals surface area contributed by atoms with Gasteiger partial charge in [-0.05, 0) is 31.5 Å². The molecule has 0 bridgehead atoms. The van der Waals surface area contributed by atoms with Gasteiger partial charge in [0, 0.05) is 17.1 Å². The molecule has 1 aromatic rings. The van der Waals surface area contributed by atoms with Crippen LogP contribution in [0.5, 0.6) is 0 Å². The summed E-state index contributed by atoms with van der Waals surface area (Å²) in [5.74, 6) is -5.48. The van der Waals surface area contributed by atoms with Gasteiger partial charge in [-0.3, -0.25) is 9.59 Å². The Balaban J connectivity index is 3.33. The molecule has 0 radical (unpaired) electrons. The molecule has 0 aliphatic rings. The van der Waals surface area contributed by atoms with Crippen molar-refractivity contribution in [1.82, 2.24) is 0 Å². The van der Waals surface area contributed by atoms with Crippen LogP contribution in [0.3, 0.4) is 0 Å². The van der Waals surface area contributed by atoms with E-state index in [1.54, 1.807) is 0 Å². The topological polar surface area (TPSA) is 111 Å². The number of hydrogen-bond acceptors (Lipinski definition) is 7. The van der Waals surface area contributed by atoms with Crippen LogP contribution in [-0.2, 0) is 28.7 Å². The first-order valence-electron chi connectivity index (χ1n) is 8.08. The standard InChI is InChI=1S/C20H19NO6/c1-5-26-19(24)17(22)12(3)16(13(4)18(23)20(25)27-6-2)15-9-7-14(11-21)8-10-15/h7-10,16H,3-6H2,1-2H3. The van der Waals surface area contributed by atoms with Crippen LogP contribution >= 0.6 is 0 Å². The molecular weight excluding hydrogens is 350 g/mol. The fourth-order valence-electron chi connectivity index (χ4n) is 2.28. The highest BCUT2D eigenvalue weighted by Gasteiger charge is 2.33. The van der Waals surface area contributed by atoms with Crippen molar-refractivity contribution in [1.29, 1.82) is 5.26 Å². The second-order valence-electron chi connectivity index (χ2n) is 5.32. The van der Waals surface area contributed by atoms with Crippen molar-refractivity contribution in [2.24, 2.45) is 0 Å². The number of nitriles is 1. The number of benzene rings is 1. The SMILES string of the molecule is C=C(C(=O)C(=O)OCC)C(C(=C)C(=O)C(=O)OCC)c1ccc(C#N)cc1. The number of nitrogens with zero attached hydrogens (tertiary/aromatic N) is 1.